The monoisotopic (exact) mass is 295 g/mol. The van der Waals surface area contributed by atoms with Gasteiger partial charge in [-0.2, -0.15) is 11.3 Å². The highest BCUT2D eigenvalue weighted by Gasteiger charge is 2.12. The van der Waals surface area contributed by atoms with Crippen LogP contribution in [-0.4, -0.2) is 20.1 Å². The predicted octanol–water partition coefficient (Wildman–Crippen LogP) is 2.79. The number of carbonyl (C=O) groups excluding carboxylic acids is 1. The maximum atomic E-state index is 11.9. The number of hydrogen-bond acceptors (Lipinski definition) is 4. The summed E-state index contributed by atoms with van der Waals surface area (Å²) >= 11 is 1.49. The molecule has 0 fully saturated rings. The van der Waals surface area contributed by atoms with Gasteiger partial charge in [0.25, 0.3) is 5.91 Å². The summed E-state index contributed by atoms with van der Waals surface area (Å²) in [6.07, 6.45) is 0. The van der Waals surface area contributed by atoms with E-state index in [9.17, 15) is 13.2 Å². The van der Waals surface area contributed by atoms with Gasteiger partial charge in [-0.3, -0.25) is 4.79 Å². The lowest BCUT2D eigenvalue weighted by Crippen LogP contribution is -2.11. The van der Waals surface area contributed by atoms with Crippen LogP contribution in [0.4, 0.5) is 5.69 Å². The van der Waals surface area contributed by atoms with Crippen molar-refractivity contribution < 1.29 is 13.2 Å². The highest BCUT2D eigenvalue weighted by molar-refractivity contribution is 7.91. The molecule has 1 N–H and O–H groups in total. The van der Waals surface area contributed by atoms with Gasteiger partial charge in [0.1, 0.15) is 0 Å². The maximum absolute atomic E-state index is 11.9. The van der Waals surface area contributed by atoms with Crippen molar-refractivity contribution in [3.63, 3.8) is 0 Å². The van der Waals surface area contributed by atoms with Gasteiger partial charge >= 0.3 is 0 Å². The maximum Gasteiger partial charge on any atom is 0.255 e. The molecule has 0 aliphatic heterocycles. The van der Waals surface area contributed by atoms with Gasteiger partial charge in [-0.25, -0.2) is 8.42 Å². The molecule has 0 unspecified atom stereocenters. The number of sulfone groups is 1. The van der Waals surface area contributed by atoms with Gasteiger partial charge in [-0.15, -0.1) is 0 Å². The lowest BCUT2D eigenvalue weighted by molar-refractivity contribution is 0.102. The van der Waals surface area contributed by atoms with E-state index < -0.39 is 9.84 Å². The summed E-state index contributed by atoms with van der Waals surface area (Å²) in [5.41, 5.74) is 1.17. The molecule has 4 nitrogen and oxygen atoms in total. The molecule has 0 saturated carbocycles. The zero-order valence-electron chi connectivity index (χ0n) is 10.3. The van der Waals surface area contributed by atoms with E-state index in [2.05, 4.69) is 5.32 Å². The van der Waals surface area contributed by atoms with Crippen molar-refractivity contribution in [2.45, 2.75) is 11.8 Å². The average molecular weight is 295 g/mol. The van der Waals surface area contributed by atoms with Crippen LogP contribution in [0.15, 0.2) is 46.0 Å². The van der Waals surface area contributed by atoms with Crippen molar-refractivity contribution in [1.82, 2.24) is 0 Å². The fourth-order valence-electron chi connectivity index (χ4n) is 1.52. The molecule has 1 amide bonds. The van der Waals surface area contributed by atoms with E-state index in [0.29, 0.717) is 5.56 Å². The second-order valence-electron chi connectivity index (χ2n) is 3.89. The number of nitrogens with one attached hydrogen (secondary N) is 1. The molecule has 0 saturated heterocycles. The molecule has 6 heteroatoms. The van der Waals surface area contributed by atoms with Crippen LogP contribution in [0.5, 0.6) is 0 Å². The molecule has 2 aromatic rings. The van der Waals surface area contributed by atoms with E-state index in [4.69, 9.17) is 0 Å². The number of amides is 1. The summed E-state index contributed by atoms with van der Waals surface area (Å²) in [4.78, 5) is 12.1. The number of anilines is 1. The topological polar surface area (TPSA) is 63.2 Å². The van der Waals surface area contributed by atoms with Crippen LogP contribution in [-0.2, 0) is 9.84 Å². The molecule has 0 spiro atoms. The normalized spacial score (nSPS) is 11.2. The van der Waals surface area contributed by atoms with E-state index in [0.717, 1.165) is 5.69 Å². The Morgan fingerprint density at radius 2 is 1.89 bits per heavy atom. The van der Waals surface area contributed by atoms with E-state index in [-0.39, 0.29) is 16.6 Å². The van der Waals surface area contributed by atoms with Gasteiger partial charge in [-0.1, -0.05) is 6.92 Å². The smallest absolute Gasteiger partial charge is 0.255 e. The van der Waals surface area contributed by atoms with E-state index in [1.54, 1.807) is 13.0 Å². The first-order valence-electron chi connectivity index (χ1n) is 5.69. The van der Waals surface area contributed by atoms with E-state index >= 15 is 0 Å². The van der Waals surface area contributed by atoms with Crippen LogP contribution in [0.1, 0.15) is 17.3 Å². The van der Waals surface area contributed by atoms with Crippen LogP contribution >= 0.6 is 11.3 Å². The first-order chi connectivity index (χ1) is 9.03. The Bertz CT molecular complexity index is 658. The van der Waals surface area contributed by atoms with Gasteiger partial charge < -0.3 is 5.32 Å². The van der Waals surface area contributed by atoms with Crippen molar-refractivity contribution in [2.75, 3.05) is 11.1 Å². The zero-order chi connectivity index (χ0) is 13.9. The summed E-state index contributed by atoms with van der Waals surface area (Å²) < 4.78 is 23.3. The molecule has 0 atom stereocenters. The number of carbonyl (C=O) groups is 1. The number of benzene rings is 1. The molecule has 19 heavy (non-hydrogen) atoms. The first kappa shape index (κ1) is 13.8. The quantitative estimate of drug-likeness (QED) is 0.943. The van der Waals surface area contributed by atoms with Crippen LogP contribution in [0.2, 0.25) is 0 Å². The molecule has 1 aromatic carbocycles. The highest BCUT2D eigenvalue weighted by Crippen LogP contribution is 2.15. The molecule has 0 bridgehead atoms. The van der Waals surface area contributed by atoms with Gasteiger partial charge in [-0.05, 0) is 35.7 Å². The van der Waals surface area contributed by atoms with Crippen LogP contribution < -0.4 is 5.32 Å². The third-order valence-corrected chi connectivity index (χ3v) is 5.07. The number of rotatable bonds is 4. The van der Waals surface area contributed by atoms with Crippen LogP contribution in [0.25, 0.3) is 0 Å². The SMILES string of the molecule is CCS(=O)(=O)c1ccc(C(=O)Nc2ccsc2)cc1. The minimum absolute atomic E-state index is 0.0491. The summed E-state index contributed by atoms with van der Waals surface area (Å²) in [6, 6.07) is 7.76. The Balaban J connectivity index is 2.17. The molecular weight excluding hydrogens is 282 g/mol. The summed E-state index contributed by atoms with van der Waals surface area (Å²) in [7, 11) is -3.22. The van der Waals surface area contributed by atoms with E-state index in [1.807, 2.05) is 10.8 Å². The van der Waals surface area contributed by atoms with Crippen molar-refractivity contribution in [2.24, 2.45) is 0 Å². The predicted molar refractivity (Wildman–Crippen MR) is 76.4 cm³/mol. The van der Waals surface area contributed by atoms with Crippen LogP contribution in [0.3, 0.4) is 0 Å². The summed E-state index contributed by atoms with van der Waals surface area (Å²) in [5, 5.41) is 6.43. The Hall–Kier alpha value is -1.66. The van der Waals surface area contributed by atoms with Gasteiger partial charge in [0.15, 0.2) is 9.84 Å². The molecule has 2 rings (SSSR count). The van der Waals surface area contributed by atoms with E-state index in [1.165, 1.54) is 35.6 Å². The van der Waals surface area contributed by atoms with Crippen molar-refractivity contribution in [3.05, 3.63) is 46.7 Å². The molecule has 0 aliphatic carbocycles. The van der Waals surface area contributed by atoms with Crippen LogP contribution in [0, 0.1) is 0 Å². The van der Waals surface area contributed by atoms with Crippen molar-refractivity contribution in [1.29, 1.82) is 0 Å². The molecule has 1 aromatic heterocycles. The second kappa shape index (κ2) is 5.54. The van der Waals surface area contributed by atoms with Crippen molar-refractivity contribution >= 4 is 32.8 Å². The third kappa shape index (κ3) is 3.21. The molecule has 1 heterocycles. The number of hydrogen-bond donors (Lipinski definition) is 1. The minimum atomic E-state index is -3.22. The molecule has 100 valence electrons. The highest BCUT2D eigenvalue weighted by atomic mass is 32.2. The Morgan fingerprint density at radius 3 is 2.42 bits per heavy atom. The molecule has 0 aliphatic rings. The summed E-state index contributed by atoms with van der Waals surface area (Å²) in [5.74, 6) is -0.202. The lowest BCUT2D eigenvalue weighted by atomic mass is 10.2. The van der Waals surface area contributed by atoms with Gasteiger partial charge in [0, 0.05) is 10.9 Å². The fourth-order valence-corrected chi connectivity index (χ4v) is 2.99. The number of thiophene rings is 1. The van der Waals surface area contributed by atoms with Gasteiger partial charge in [0.2, 0.25) is 0 Å². The molecular formula is C13H13NO3S2. The minimum Gasteiger partial charge on any atom is -0.321 e. The third-order valence-electron chi connectivity index (χ3n) is 2.63. The van der Waals surface area contributed by atoms with Gasteiger partial charge in [0.05, 0.1) is 16.3 Å². The second-order valence-corrected chi connectivity index (χ2v) is 6.95. The standard InChI is InChI=1S/C13H13NO3S2/c1-2-19(16,17)12-5-3-10(4-6-12)13(15)14-11-7-8-18-9-11/h3-9H,2H2,1H3,(H,14,15). The Labute approximate surface area is 116 Å². The molecule has 0 radical (unpaired) electrons. The Kier molecular flexibility index (Phi) is 4.01. The summed E-state index contributed by atoms with van der Waals surface area (Å²) in [6.45, 7) is 1.59. The average Bonchev–Trinajstić information content (AvgIpc) is 2.91. The largest absolute Gasteiger partial charge is 0.321 e. The lowest BCUT2D eigenvalue weighted by Gasteiger charge is -2.05. The van der Waals surface area contributed by atoms with Crippen molar-refractivity contribution in [3.8, 4) is 0 Å². The first-order valence-corrected chi connectivity index (χ1v) is 8.29. The zero-order valence-corrected chi connectivity index (χ0v) is 11.9. The fraction of sp³-hybridized carbons (Fsp3) is 0.154. The Morgan fingerprint density at radius 1 is 1.21 bits per heavy atom.